The molecule has 0 fully saturated rings. The van der Waals surface area contributed by atoms with E-state index in [4.69, 9.17) is 5.26 Å². The number of nitrogens with zero attached hydrogens (tertiary/aromatic N) is 2. The standard InChI is InChI=1S/C12H16FN3/c1-15-6-7-16(2)9-11-5-3-4-10(8-14)12(11)13/h3-5,15H,6-7,9H2,1-2H3. The normalized spacial score (nSPS) is 10.4. The highest BCUT2D eigenvalue weighted by atomic mass is 19.1. The molecule has 3 nitrogen and oxygen atoms in total. The molecule has 0 aliphatic rings. The van der Waals surface area contributed by atoms with Gasteiger partial charge in [-0.25, -0.2) is 4.39 Å². The lowest BCUT2D eigenvalue weighted by Gasteiger charge is -2.16. The molecule has 1 N–H and O–H groups in total. The summed E-state index contributed by atoms with van der Waals surface area (Å²) in [5.41, 5.74) is 0.678. The molecule has 1 aromatic carbocycles. The summed E-state index contributed by atoms with van der Waals surface area (Å²) >= 11 is 0. The number of hydrogen-bond donors (Lipinski definition) is 1. The lowest BCUT2D eigenvalue weighted by atomic mass is 10.1. The van der Waals surface area contributed by atoms with Crippen molar-refractivity contribution in [3.05, 3.63) is 35.1 Å². The zero-order chi connectivity index (χ0) is 12.0. The van der Waals surface area contributed by atoms with E-state index in [1.165, 1.54) is 6.07 Å². The van der Waals surface area contributed by atoms with Gasteiger partial charge in [-0.2, -0.15) is 5.26 Å². The second-order valence-corrected chi connectivity index (χ2v) is 3.73. The number of likely N-dealkylation sites (N-methyl/N-ethyl adjacent to an activating group) is 2. The Morgan fingerprint density at radius 1 is 1.50 bits per heavy atom. The van der Waals surface area contributed by atoms with E-state index in [0.717, 1.165) is 13.1 Å². The molecule has 0 aliphatic carbocycles. The Morgan fingerprint density at radius 3 is 2.88 bits per heavy atom. The molecule has 16 heavy (non-hydrogen) atoms. The number of hydrogen-bond acceptors (Lipinski definition) is 3. The average molecular weight is 221 g/mol. The van der Waals surface area contributed by atoms with Gasteiger partial charge in [0.2, 0.25) is 0 Å². The van der Waals surface area contributed by atoms with Crippen molar-refractivity contribution in [1.29, 1.82) is 5.26 Å². The Morgan fingerprint density at radius 2 is 2.25 bits per heavy atom. The first-order chi connectivity index (χ1) is 7.69. The highest BCUT2D eigenvalue weighted by Crippen LogP contribution is 2.13. The lowest BCUT2D eigenvalue weighted by molar-refractivity contribution is 0.322. The number of nitrogens with one attached hydrogen (secondary N) is 1. The van der Waals surface area contributed by atoms with E-state index in [1.807, 2.05) is 25.1 Å². The van der Waals surface area contributed by atoms with Crippen LogP contribution in [0.25, 0.3) is 0 Å². The van der Waals surface area contributed by atoms with E-state index in [1.54, 1.807) is 12.1 Å². The summed E-state index contributed by atoms with van der Waals surface area (Å²) < 4.78 is 13.7. The van der Waals surface area contributed by atoms with Gasteiger partial charge >= 0.3 is 0 Å². The van der Waals surface area contributed by atoms with Gasteiger partial charge in [-0.3, -0.25) is 0 Å². The SMILES string of the molecule is CNCCN(C)Cc1cccc(C#N)c1F. The van der Waals surface area contributed by atoms with Crippen LogP contribution in [-0.2, 0) is 6.54 Å². The molecule has 86 valence electrons. The molecule has 0 atom stereocenters. The van der Waals surface area contributed by atoms with Crippen LogP contribution in [0.2, 0.25) is 0 Å². The second-order valence-electron chi connectivity index (χ2n) is 3.73. The molecule has 0 aliphatic heterocycles. The average Bonchev–Trinajstić information content (AvgIpc) is 2.29. The maximum atomic E-state index is 13.7. The topological polar surface area (TPSA) is 39.1 Å². The van der Waals surface area contributed by atoms with Crippen LogP contribution in [0.15, 0.2) is 18.2 Å². The summed E-state index contributed by atoms with van der Waals surface area (Å²) in [6.45, 7) is 2.21. The predicted octanol–water partition coefficient (Wildman–Crippen LogP) is 1.35. The van der Waals surface area contributed by atoms with Crippen LogP contribution in [0.4, 0.5) is 4.39 Å². The first-order valence-corrected chi connectivity index (χ1v) is 5.19. The van der Waals surface area contributed by atoms with Crippen molar-refractivity contribution in [3.8, 4) is 6.07 Å². The molecule has 0 amide bonds. The monoisotopic (exact) mass is 221 g/mol. The highest BCUT2D eigenvalue weighted by Gasteiger charge is 2.09. The minimum atomic E-state index is -0.402. The zero-order valence-electron chi connectivity index (χ0n) is 9.63. The molecule has 0 spiro atoms. The number of nitriles is 1. The van der Waals surface area contributed by atoms with Crippen molar-refractivity contribution >= 4 is 0 Å². The van der Waals surface area contributed by atoms with Crippen LogP contribution in [-0.4, -0.2) is 32.1 Å². The smallest absolute Gasteiger partial charge is 0.145 e. The molecule has 0 aromatic heterocycles. The zero-order valence-corrected chi connectivity index (χ0v) is 9.63. The van der Waals surface area contributed by atoms with E-state index in [9.17, 15) is 4.39 Å². The maximum Gasteiger partial charge on any atom is 0.145 e. The Kier molecular flexibility index (Phi) is 4.90. The van der Waals surface area contributed by atoms with Gasteiger partial charge in [-0.05, 0) is 20.2 Å². The van der Waals surface area contributed by atoms with Gasteiger partial charge < -0.3 is 10.2 Å². The fourth-order valence-electron chi connectivity index (χ4n) is 1.46. The van der Waals surface area contributed by atoms with Gasteiger partial charge in [-0.15, -0.1) is 0 Å². The van der Waals surface area contributed by atoms with Crippen molar-refractivity contribution in [3.63, 3.8) is 0 Å². The summed E-state index contributed by atoms with van der Waals surface area (Å²) in [5, 5.41) is 11.7. The van der Waals surface area contributed by atoms with Crippen LogP contribution in [0.1, 0.15) is 11.1 Å². The van der Waals surface area contributed by atoms with Crippen molar-refractivity contribution in [2.75, 3.05) is 27.2 Å². The molecule has 0 saturated heterocycles. The van der Waals surface area contributed by atoms with Crippen molar-refractivity contribution < 1.29 is 4.39 Å². The number of rotatable bonds is 5. The summed E-state index contributed by atoms with van der Waals surface area (Å²) in [6.07, 6.45) is 0. The van der Waals surface area contributed by atoms with Crippen LogP contribution in [0.5, 0.6) is 0 Å². The Labute approximate surface area is 95.5 Å². The molecular formula is C12H16FN3. The summed E-state index contributed by atoms with van der Waals surface area (Å²) in [5.74, 6) is -0.402. The fraction of sp³-hybridized carbons (Fsp3) is 0.417. The van der Waals surface area contributed by atoms with Crippen LogP contribution >= 0.6 is 0 Å². The van der Waals surface area contributed by atoms with E-state index in [-0.39, 0.29) is 5.56 Å². The fourth-order valence-corrected chi connectivity index (χ4v) is 1.46. The van der Waals surface area contributed by atoms with Gasteiger partial charge in [0.1, 0.15) is 11.9 Å². The number of benzene rings is 1. The first-order valence-electron chi connectivity index (χ1n) is 5.19. The first kappa shape index (κ1) is 12.6. The van der Waals surface area contributed by atoms with E-state index in [0.29, 0.717) is 12.1 Å². The van der Waals surface area contributed by atoms with Gasteiger partial charge in [0.05, 0.1) is 5.56 Å². The summed E-state index contributed by atoms with van der Waals surface area (Å²) in [7, 11) is 3.81. The quantitative estimate of drug-likeness (QED) is 0.815. The Hall–Kier alpha value is -1.44. The number of halogens is 1. The minimum Gasteiger partial charge on any atom is -0.318 e. The van der Waals surface area contributed by atoms with Crippen LogP contribution in [0, 0.1) is 17.1 Å². The van der Waals surface area contributed by atoms with Crippen molar-refractivity contribution in [2.24, 2.45) is 0 Å². The molecule has 1 aromatic rings. The minimum absolute atomic E-state index is 0.111. The van der Waals surface area contributed by atoms with Gasteiger partial charge in [-0.1, -0.05) is 12.1 Å². The third kappa shape index (κ3) is 3.30. The molecule has 0 unspecified atom stereocenters. The van der Waals surface area contributed by atoms with Crippen molar-refractivity contribution in [2.45, 2.75) is 6.54 Å². The summed E-state index contributed by atoms with van der Waals surface area (Å²) in [4.78, 5) is 2.01. The van der Waals surface area contributed by atoms with Crippen LogP contribution < -0.4 is 5.32 Å². The third-order valence-corrected chi connectivity index (χ3v) is 2.38. The lowest BCUT2D eigenvalue weighted by Crippen LogP contribution is -2.27. The van der Waals surface area contributed by atoms with E-state index < -0.39 is 5.82 Å². The maximum absolute atomic E-state index is 13.7. The van der Waals surface area contributed by atoms with Gasteiger partial charge in [0.15, 0.2) is 0 Å². The molecular weight excluding hydrogens is 205 g/mol. The molecule has 0 saturated carbocycles. The molecule has 1 rings (SSSR count). The summed E-state index contributed by atoms with van der Waals surface area (Å²) in [6, 6.07) is 6.76. The third-order valence-electron chi connectivity index (χ3n) is 2.38. The van der Waals surface area contributed by atoms with Gasteiger partial charge in [0, 0.05) is 25.2 Å². The molecule has 4 heteroatoms. The Bertz CT molecular complexity index is 384. The highest BCUT2D eigenvalue weighted by molar-refractivity contribution is 5.34. The Balaban J connectivity index is 2.70. The molecule has 0 heterocycles. The predicted molar refractivity (Wildman–Crippen MR) is 61.4 cm³/mol. The largest absolute Gasteiger partial charge is 0.318 e. The van der Waals surface area contributed by atoms with Crippen molar-refractivity contribution in [1.82, 2.24) is 10.2 Å². The molecule has 0 radical (unpaired) electrons. The van der Waals surface area contributed by atoms with E-state index in [2.05, 4.69) is 5.32 Å². The second kappa shape index (κ2) is 6.21. The molecule has 0 bridgehead atoms. The van der Waals surface area contributed by atoms with E-state index >= 15 is 0 Å². The van der Waals surface area contributed by atoms with Gasteiger partial charge in [0.25, 0.3) is 0 Å². The van der Waals surface area contributed by atoms with Crippen LogP contribution in [0.3, 0.4) is 0 Å².